The molecule has 6 nitrogen and oxygen atoms in total. The van der Waals surface area contributed by atoms with Crippen LogP contribution in [-0.2, 0) is 9.53 Å². The Balaban J connectivity index is 2.04. The van der Waals surface area contributed by atoms with Gasteiger partial charge in [-0.05, 0) is 26.7 Å². The molecule has 0 atom stereocenters. The van der Waals surface area contributed by atoms with Crippen LogP contribution in [0.5, 0.6) is 0 Å². The van der Waals surface area contributed by atoms with Crippen LogP contribution >= 0.6 is 0 Å². The van der Waals surface area contributed by atoms with Crippen LogP contribution in [0.25, 0.3) is 0 Å². The van der Waals surface area contributed by atoms with Gasteiger partial charge in [0.15, 0.2) is 5.76 Å². The van der Waals surface area contributed by atoms with Gasteiger partial charge in [0.05, 0.1) is 18.2 Å². The molecule has 0 unspecified atom stereocenters. The molecule has 122 valence electrons. The van der Waals surface area contributed by atoms with E-state index in [0.717, 1.165) is 0 Å². The fourth-order valence-electron chi connectivity index (χ4n) is 2.78. The molecule has 2 heterocycles. The number of nitrogens with zero attached hydrogens (tertiary/aromatic N) is 2. The number of ether oxygens (including phenoxy) is 1. The second kappa shape index (κ2) is 6.94. The second-order valence-electron chi connectivity index (χ2n) is 5.98. The van der Waals surface area contributed by atoms with Gasteiger partial charge in [0.25, 0.3) is 5.91 Å². The number of rotatable bonds is 4. The van der Waals surface area contributed by atoms with Crippen molar-refractivity contribution in [1.29, 1.82) is 0 Å². The molecule has 1 fully saturated rings. The number of hydrogen-bond acceptors (Lipinski definition) is 5. The van der Waals surface area contributed by atoms with Crippen LogP contribution in [0.2, 0.25) is 0 Å². The second-order valence-corrected chi connectivity index (χ2v) is 5.98. The minimum atomic E-state index is -0.154. The Morgan fingerprint density at radius 1 is 1.36 bits per heavy atom. The maximum Gasteiger partial charge on any atom is 0.309 e. The maximum atomic E-state index is 12.7. The van der Waals surface area contributed by atoms with Crippen LogP contribution in [0, 0.1) is 12.8 Å². The van der Waals surface area contributed by atoms with Gasteiger partial charge >= 0.3 is 5.97 Å². The SMILES string of the molecule is CCOC(=O)C1CCN(C(=O)c2c(C)noc2C(C)C)CC1. The summed E-state index contributed by atoms with van der Waals surface area (Å²) >= 11 is 0. The summed E-state index contributed by atoms with van der Waals surface area (Å²) in [4.78, 5) is 26.2. The molecule has 0 spiro atoms. The number of carbonyl (C=O) groups excluding carboxylic acids is 2. The Labute approximate surface area is 130 Å². The molecule has 6 heteroatoms. The van der Waals surface area contributed by atoms with Gasteiger partial charge in [-0.25, -0.2) is 0 Å². The third kappa shape index (κ3) is 3.31. The molecule has 0 saturated carbocycles. The van der Waals surface area contributed by atoms with E-state index in [2.05, 4.69) is 5.16 Å². The number of amides is 1. The standard InChI is InChI=1S/C16H24N2O4/c1-5-21-16(20)12-6-8-18(9-7-12)15(19)13-11(4)17-22-14(13)10(2)3/h10,12H,5-9H2,1-4H3. The monoisotopic (exact) mass is 308 g/mol. The van der Waals surface area contributed by atoms with Crippen LogP contribution in [-0.4, -0.2) is 41.6 Å². The van der Waals surface area contributed by atoms with Crippen molar-refractivity contribution in [1.82, 2.24) is 10.1 Å². The first-order valence-corrected chi connectivity index (χ1v) is 7.87. The molecule has 0 radical (unpaired) electrons. The molecule has 1 aliphatic heterocycles. The number of aryl methyl sites for hydroxylation is 1. The van der Waals surface area contributed by atoms with E-state index in [1.165, 1.54) is 0 Å². The number of carbonyl (C=O) groups is 2. The minimum Gasteiger partial charge on any atom is -0.466 e. The Hall–Kier alpha value is -1.85. The van der Waals surface area contributed by atoms with E-state index in [9.17, 15) is 9.59 Å². The average molecular weight is 308 g/mol. The fraction of sp³-hybridized carbons (Fsp3) is 0.688. The summed E-state index contributed by atoms with van der Waals surface area (Å²) in [5, 5.41) is 3.92. The molecular formula is C16H24N2O4. The summed E-state index contributed by atoms with van der Waals surface area (Å²) in [5.74, 6) is 0.438. The van der Waals surface area contributed by atoms with E-state index >= 15 is 0 Å². The Morgan fingerprint density at radius 3 is 2.55 bits per heavy atom. The number of likely N-dealkylation sites (tertiary alicyclic amines) is 1. The molecule has 0 aliphatic carbocycles. The van der Waals surface area contributed by atoms with E-state index in [4.69, 9.17) is 9.26 Å². The molecular weight excluding hydrogens is 284 g/mol. The van der Waals surface area contributed by atoms with E-state index in [-0.39, 0.29) is 23.7 Å². The zero-order valence-electron chi connectivity index (χ0n) is 13.7. The van der Waals surface area contributed by atoms with Gasteiger partial charge in [-0.1, -0.05) is 19.0 Å². The van der Waals surface area contributed by atoms with E-state index < -0.39 is 0 Å². The van der Waals surface area contributed by atoms with Crippen molar-refractivity contribution in [3.8, 4) is 0 Å². The summed E-state index contributed by atoms with van der Waals surface area (Å²) in [7, 11) is 0. The fourth-order valence-corrected chi connectivity index (χ4v) is 2.78. The van der Waals surface area contributed by atoms with Crippen LogP contribution < -0.4 is 0 Å². The van der Waals surface area contributed by atoms with Crippen molar-refractivity contribution in [2.75, 3.05) is 19.7 Å². The highest BCUT2D eigenvalue weighted by Gasteiger charge is 2.32. The summed E-state index contributed by atoms with van der Waals surface area (Å²) in [6, 6.07) is 0. The van der Waals surface area contributed by atoms with E-state index in [1.54, 1.807) is 18.7 Å². The highest BCUT2D eigenvalue weighted by atomic mass is 16.5. The topological polar surface area (TPSA) is 72.6 Å². The van der Waals surface area contributed by atoms with Gasteiger partial charge in [-0.3, -0.25) is 9.59 Å². The number of aromatic nitrogens is 1. The average Bonchev–Trinajstić information content (AvgIpc) is 2.89. The van der Waals surface area contributed by atoms with Crippen LogP contribution in [0.4, 0.5) is 0 Å². The molecule has 0 aromatic carbocycles. The van der Waals surface area contributed by atoms with Crippen molar-refractivity contribution >= 4 is 11.9 Å². The predicted molar refractivity (Wildman–Crippen MR) is 80.6 cm³/mol. The molecule has 1 saturated heterocycles. The van der Waals surface area contributed by atoms with Gasteiger partial charge in [-0.15, -0.1) is 0 Å². The van der Waals surface area contributed by atoms with Crippen molar-refractivity contribution in [2.24, 2.45) is 5.92 Å². The lowest BCUT2D eigenvalue weighted by atomic mass is 9.95. The van der Waals surface area contributed by atoms with Gasteiger partial charge < -0.3 is 14.2 Å². The van der Waals surface area contributed by atoms with Gasteiger partial charge in [0.2, 0.25) is 0 Å². The summed E-state index contributed by atoms with van der Waals surface area (Å²) in [5.41, 5.74) is 1.20. The third-order valence-electron chi connectivity index (χ3n) is 4.03. The molecule has 1 aromatic rings. The van der Waals surface area contributed by atoms with E-state index in [0.29, 0.717) is 49.6 Å². The van der Waals surface area contributed by atoms with Crippen molar-refractivity contribution < 1.29 is 18.8 Å². The molecule has 1 aliphatic rings. The van der Waals surface area contributed by atoms with Crippen LogP contribution in [0.15, 0.2) is 4.52 Å². The van der Waals surface area contributed by atoms with Gasteiger partial charge in [-0.2, -0.15) is 0 Å². The molecule has 1 amide bonds. The number of esters is 1. The molecule has 2 rings (SSSR count). The van der Waals surface area contributed by atoms with Crippen LogP contribution in [0.3, 0.4) is 0 Å². The lowest BCUT2D eigenvalue weighted by molar-refractivity contribution is -0.149. The highest BCUT2D eigenvalue weighted by molar-refractivity contribution is 5.96. The quantitative estimate of drug-likeness (QED) is 0.799. The van der Waals surface area contributed by atoms with Crippen molar-refractivity contribution in [3.05, 3.63) is 17.0 Å². The lowest BCUT2D eigenvalue weighted by Gasteiger charge is -2.31. The third-order valence-corrected chi connectivity index (χ3v) is 4.03. The molecule has 1 aromatic heterocycles. The predicted octanol–water partition coefficient (Wildman–Crippen LogP) is 2.52. The number of hydrogen-bond donors (Lipinski definition) is 0. The zero-order valence-corrected chi connectivity index (χ0v) is 13.7. The summed E-state index contributed by atoms with van der Waals surface area (Å²) in [6.07, 6.45) is 1.29. The molecule has 0 bridgehead atoms. The molecule has 22 heavy (non-hydrogen) atoms. The smallest absolute Gasteiger partial charge is 0.309 e. The summed E-state index contributed by atoms with van der Waals surface area (Å²) < 4.78 is 10.3. The Bertz CT molecular complexity index is 542. The minimum absolute atomic E-state index is 0.0511. The van der Waals surface area contributed by atoms with E-state index in [1.807, 2.05) is 13.8 Å². The van der Waals surface area contributed by atoms with Gasteiger partial charge in [0.1, 0.15) is 5.56 Å². The highest BCUT2D eigenvalue weighted by Crippen LogP contribution is 2.26. The van der Waals surface area contributed by atoms with Crippen molar-refractivity contribution in [2.45, 2.75) is 46.5 Å². The largest absolute Gasteiger partial charge is 0.466 e. The first-order chi connectivity index (χ1) is 10.5. The summed E-state index contributed by atoms with van der Waals surface area (Å²) in [6.45, 7) is 9.06. The van der Waals surface area contributed by atoms with Crippen molar-refractivity contribution in [3.63, 3.8) is 0 Å². The first kappa shape index (κ1) is 16.5. The maximum absolute atomic E-state index is 12.7. The zero-order chi connectivity index (χ0) is 16.3. The van der Waals surface area contributed by atoms with Gasteiger partial charge in [0, 0.05) is 19.0 Å². The molecule has 0 N–H and O–H groups in total. The Morgan fingerprint density at radius 2 is 2.00 bits per heavy atom. The van der Waals surface area contributed by atoms with Crippen LogP contribution in [0.1, 0.15) is 61.3 Å². The normalized spacial score (nSPS) is 16.1. The first-order valence-electron chi connectivity index (χ1n) is 7.87. The Kier molecular flexibility index (Phi) is 5.21. The lowest BCUT2D eigenvalue weighted by Crippen LogP contribution is -2.41. The number of piperidine rings is 1.